The monoisotopic (exact) mass is 449 g/mol. The number of rotatable bonds is 12. The topological polar surface area (TPSA) is 73.7 Å². The molecule has 6 nitrogen and oxygen atoms in total. The minimum atomic E-state index is -0.640. The summed E-state index contributed by atoms with van der Waals surface area (Å²) in [7, 11) is 0. The average Bonchev–Trinajstić information content (AvgIpc) is 3.11. The van der Waals surface area contributed by atoms with Gasteiger partial charge in [-0.25, -0.2) is 0 Å². The molecule has 3 rings (SSSR count). The van der Waals surface area contributed by atoms with Gasteiger partial charge in [0.15, 0.2) is 0 Å². The normalized spacial score (nSPS) is 17.8. The molecule has 0 aliphatic carbocycles. The summed E-state index contributed by atoms with van der Waals surface area (Å²) in [6.07, 6.45) is 8.70. The number of likely N-dealkylation sites (tertiary alicyclic amines) is 1. The zero-order chi connectivity index (χ0) is 23.6. The van der Waals surface area contributed by atoms with Crippen LogP contribution in [0.15, 0.2) is 60.4 Å². The number of pyridine rings is 1. The molecule has 1 amide bonds. The minimum Gasteiger partial charge on any atom is -0.507 e. The number of carbonyl (C=O) groups excluding carboxylic acids is 2. The fourth-order valence-corrected chi connectivity index (χ4v) is 4.31. The number of aliphatic hydroxyl groups is 1. The van der Waals surface area contributed by atoms with Crippen LogP contribution in [0.25, 0.3) is 5.76 Å². The first-order valence-electron chi connectivity index (χ1n) is 12.0. The van der Waals surface area contributed by atoms with Gasteiger partial charge in [-0.05, 0) is 50.5 Å². The number of hydrogen-bond acceptors (Lipinski definition) is 5. The van der Waals surface area contributed by atoms with Gasteiger partial charge in [0, 0.05) is 24.5 Å². The summed E-state index contributed by atoms with van der Waals surface area (Å²) >= 11 is 0. The summed E-state index contributed by atoms with van der Waals surface area (Å²) in [4.78, 5) is 34.4. The van der Waals surface area contributed by atoms with Crippen molar-refractivity contribution in [2.24, 2.45) is 0 Å². The Balaban J connectivity index is 1.85. The maximum atomic E-state index is 13.1. The standard InChI is InChI=1S/C27H35N3O3/c1-3-5-16-29(17-6-4-2)18-11-19-30-24(22-14-10-15-28-20-22)23(26(32)27(30)33)25(31)21-12-8-7-9-13-21/h7-10,12-15,20,24,31H,3-6,11,16-19H2,1-2H3. The lowest BCUT2D eigenvalue weighted by Gasteiger charge is -2.27. The van der Waals surface area contributed by atoms with E-state index in [1.165, 1.54) is 0 Å². The van der Waals surface area contributed by atoms with E-state index >= 15 is 0 Å². The molecule has 2 aromatic rings. The van der Waals surface area contributed by atoms with Crippen molar-refractivity contribution in [3.8, 4) is 0 Å². The van der Waals surface area contributed by atoms with Gasteiger partial charge >= 0.3 is 0 Å². The lowest BCUT2D eigenvalue weighted by molar-refractivity contribution is -0.140. The van der Waals surface area contributed by atoms with E-state index in [0.29, 0.717) is 12.1 Å². The van der Waals surface area contributed by atoms with E-state index in [-0.39, 0.29) is 11.3 Å². The molecule has 0 spiro atoms. The molecule has 176 valence electrons. The summed E-state index contributed by atoms with van der Waals surface area (Å²) in [5, 5.41) is 11.0. The second-order valence-corrected chi connectivity index (χ2v) is 8.55. The quantitative estimate of drug-likeness (QED) is 0.286. The van der Waals surface area contributed by atoms with Crippen LogP contribution in [-0.4, -0.2) is 57.8 Å². The van der Waals surface area contributed by atoms with Crippen molar-refractivity contribution in [3.63, 3.8) is 0 Å². The molecule has 0 saturated carbocycles. The van der Waals surface area contributed by atoms with Gasteiger partial charge in [-0.15, -0.1) is 0 Å². The van der Waals surface area contributed by atoms with Crippen molar-refractivity contribution in [2.75, 3.05) is 26.2 Å². The summed E-state index contributed by atoms with van der Waals surface area (Å²) in [6, 6.07) is 11.9. The molecule has 6 heteroatoms. The number of benzene rings is 1. The van der Waals surface area contributed by atoms with Crippen molar-refractivity contribution in [1.29, 1.82) is 0 Å². The minimum absolute atomic E-state index is 0.132. The van der Waals surface area contributed by atoms with E-state index in [9.17, 15) is 14.7 Å². The van der Waals surface area contributed by atoms with Crippen molar-refractivity contribution in [1.82, 2.24) is 14.8 Å². The summed E-state index contributed by atoms with van der Waals surface area (Å²) in [6.45, 7) is 7.81. The maximum absolute atomic E-state index is 13.1. The summed E-state index contributed by atoms with van der Waals surface area (Å²) in [5.74, 6) is -1.34. The largest absolute Gasteiger partial charge is 0.507 e. The Kier molecular flexibility index (Phi) is 9.19. The highest BCUT2D eigenvalue weighted by molar-refractivity contribution is 6.46. The molecule has 1 aliphatic heterocycles. The van der Waals surface area contributed by atoms with Crippen molar-refractivity contribution in [2.45, 2.75) is 52.0 Å². The van der Waals surface area contributed by atoms with Crippen LogP contribution < -0.4 is 0 Å². The second-order valence-electron chi connectivity index (χ2n) is 8.55. The Labute approximate surface area is 196 Å². The third-order valence-corrected chi connectivity index (χ3v) is 6.12. The number of aromatic nitrogens is 1. The van der Waals surface area contributed by atoms with Gasteiger partial charge in [0.1, 0.15) is 5.76 Å². The fourth-order valence-electron chi connectivity index (χ4n) is 4.31. The lowest BCUT2D eigenvalue weighted by Crippen LogP contribution is -2.34. The first-order chi connectivity index (χ1) is 16.1. The number of unbranched alkanes of at least 4 members (excludes halogenated alkanes) is 2. The van der Waals surface area contributed by atoms with E-state index in [0.717, 1.165) is 57.3 Å². The number of nitrogens with zero attached hydrogens (tertiary/aromatic N) is 3. The Bertz CT molecular complexity index is 936. The molecule has 1 N–H and O–H groups in total. The van der Waals surface area contributed by atoms with E-state index in [4.69, 9.17) is 0 Å². The van der Waals surface area contributed by atoms with Crippen LogP contribution in [0, 0.1) is 0 Å². The van der Waals surface area contributed by atoms with E-state index in [1.54, 1.807) is 47.6 Å². The van der Waals surface area contributed by atoms with Gasteiger partial charge in [-0.2, -0.15) is 0 Å². The van der Waals surface area contributed by atoms with Crippen LogP contribution in [0.2, 0.25) is 0 Å². The second kappa shape index (κ2) is 12.3. The van der Waals surface area contributed by atoms with Crippen LogP contribution in [0.1, 0.15) is 63.1 Å². The molecule has 33 heavy (non-hydrogen) atoms. The average molecular weight is 450 g/mol. The highest BCUT2D eigenvalue weighted by atomic mass is 16.3. The third-order valence-electron chi connectivity index (χ3n) is 6.12. The van der Waals surface area contributed by atoms with Gasteiger partial charge in [-0.1, -0.05) is 63.1 Å². The number of Topliss-reactive ketones (excluding diaryl/α,β-unsaturated/α-hetero) is 1. The lowest BCUT2D eigenvalue weighted by atomic mass is 9.96. The van der Waals surface area contributed by atoms with Crippen molar-refractivity contribution in [3.05, 3.63) is 71.6 Å². The summed E-state index contributed by atoms with van der Waals surface area (Å²) in [5.41, 5.74) is 1.38. The number of ketones is 1. The van der Waals surface area contributed by atoms with Crippen LogP contribution in [0.5, 0.6) is 0 Å². The Hall–Kier alpha value is -2.99. The highest BCUT2D eigenvalue weighted by Gasteiger charge is 2.45. The first-order valence-corrected chi connectivity index (χ1v) is 12.0. The van der Waals surface area contributed by atoms with Gasteiger partial charge in [0.25, 0.3) is 11.7 Å². The zero-order valence-electron chi connectivity index (χ0n) is 19.7. The Morgan fingerprint density at radius 2 is 1.64 bits per heavy atom. The van der Waals surface area contributed by atoms with Crippen LogP contribution >= 0.6 is 0 Å². The maximum Gasteiger partial charge on any atom is 0.295 e. The van der Waals surface area contributed by atoms with Gasteiger partial charge in [0.2, 0.25) is 0 Å². The van der Waals surface area contributed by atoms with Gasteiger partial charge in [-0.3, -0.25) is 14.6 Å². The Morgan fingerprint density at radius 3 is 2.24 bits per heavy atom. The van der Waals surface area contributed by atoms with E-state index in [1.807, 2.05) is 12.1 Å². The number of carbonyl (C=O) groups is 2. The van der Waals surface area contributed by atoms with Gasteiger partial charge < -0.3 is 14.9 Å². The zero-order valence-corrected chi connectivity index (χ0v) is 19.7. The molecular weight excluding hydrogens is 414 g/mol. The molecule has 0 radical (unpaired) electrons. The number of hydrogen-bond donors (Lipinski definition) is 1. The van der Waals surface area contributed by atoms with E-state index in [2.05, 4.69) is 23.7 Å². The SMILES string of the molecule is CCCCN(CCCC)CCCN1C(=O)C(=O)C(=C(O)c2ccccc2)C1c1cccnc1. The van der Waals surface area contributed by atoms with E-state index < -0.39 is 17.7 Å². The van der Waals surface area contributed by atoms with Crippen molar-refractivity contribution >= 4 is 17.4 Å². The highest BCUT2D eigenvalue weighted by Crippen LogP contribution is 2.39. The smallest absolute Gasteiger partial charge is 0.295 e. The molecule has 1 fully saturated rings. The van der Waals surface area contributed by atoms with Gasteiger partial charge in [0.05, 0.1) is 11.6 Å². The molecule has 0 bridgehead atoms. The molecule has 1 unspecified atom stereocenters. The fraction of sp³-hybridized carbons (Fsp3) is 0.444. The molecule has 1 saturated heterocycles. The number of aliphatic hydroxyl groups excluding tert-OH is 1. The van der Waals surface area contributed by atoms with Crippen LogP contribution in [0.3, 0.4) is 0 Å². The predicted molar refractivity (Wildman–Crippen MR) is 131 cm³/mol. The number of amides is 1. The molecule has 1 aromatic heterocycles. The molecule has 1 atom stereocenters. The van der Waals surface area contributed by atoms with Crippen LogP contribution in [-0.2, 0) is 9.59 Å². The van der Waals surface area contributed by atoms with Crippen LogP contribution in [0.4, 0.5) is 0 Å². The molecular formula is C27H35N3O3. The Morgan fingerprint density at radius 1 is 0.970 bits per heavy atom. The molecule has 1 aromatic carbocycles. The molecule has 1 aliphatic rings. The predicted octanol–water partition coefficient (Wildman–Crippen LogP) is 4.80. The van der Waals surface area contributed by atoms with Crippen molar-refractivity contribution < 1.29 is 14.7 Å². The first kappa shape index (κ1) is 24.6. The summed E-state index contributed by atoms with van der Waals surface area (Å²) < 4.78 is 0. The molecule has 2 heterocycles. The third kappa shape index (κ3) is 6.08.